The molecule has 1 saturated heterocycles. The first-order valence-corrected chi connectivity index (χ1v) is 6.11. The fourth-order valence-electron chi connectivity index (χ4n) is 1.72. The van der Waals surface area contributed by atoms with Gasteiger partial charge in [0, 0.05) is 13.2 Å². The van der Waals surface area contributed by atoms with E-state index in [0.29, 0.717) is 12.2 Å². The number of unbranched alkanes of at least 4 members (excludes halogenated alkanes) is 3. The predicted octanol–water partition coefficient (Wildman–Crippen LogP) is 3.15. The molecule has 0 aliphatic carbocycles. The van der Waals surface area contributed by atoms with Crippen LogP contribution in [0.5, 0.6) is 0 Å². The van der Waals surface area contributed by atoms with Crippen molar-refractivity contribution in [2.24, 2.45) is 0 Å². The van der Waals surface area contributed by atoms with Gasteiger partial charge in [0.2, 0.25) is 0 Å². The number of hydrogen-bond acceptors (Lipinski definition) is 2. The molecular formula is C12H24O2. The van der Waals surface area contributed by atoms with Crippen LogP contribution in [0.15, 0.2) is 0 Å². The minimum atomic E-state index is 0.510. The Labute approximate surface area is 88.0 Å². The third kappa shape index (κ3) is 4.97. The summed E-state index contributed by atoms with van der Waals surface area (Å²) in [7, 11) is 0. The Bertz CT molecular complexity index is 136. The standard InChI is InChI=1S/C12H24O2/c1-3-5-6-7-9-13-10-8-12-11(4-2)14-12/h11-12H,3-10H2,1-2H3. The van der Waals surface area contributed by atoms with Gasteiger partial charge < -0.3 is 9.47 Å². The summed E-state index contributed by atoms with van der Waals surface area (Å²) in [5.74, 6) is 0. The number of hydrogen-bond donors (Lipinski definition) is 0. The van der Waals surface area contributed by atoms with Crippen molar-refractivity contribution in [2.75, 3.05) is 13.2 Å². The molecule has 1 heterocycles. The molecule has 1 aliphatic heterocycles. The molecule has 84 valence electrons. The third-order valence-electron chi connectivity index (χ3n) is 2.78. The van der Waals surface area contributed by atoms with Crippen molar-refractivity contribution >= 4 is 0 Å². The lowest BCUT2D eigenvalue weighted by atomic mass is 10.2. The first-order valence-electron chi connectivity index (χ1n) is 6.11. The van der Waals surface area contributed by atoms with Gasteiger partial charge in [-0.25, -0.2) is 0 Å². The Morgan fingerprint density at radius 2 is 1.86 bits per heavy atom. The highest BCUT2D eigenvalue weighted by atomic mass is 16.6. The minimum Gasteiger partial charge on any atom is -0.381 e. The first kappa shape index (κ1) is 12.0. The average Bonchev–Trinajstić information content (AvgIpc) is 2.95. The lowest BCUT2D eigenvalue weighted by Gasteiger charge is -2.02. The molecule has 0 saturated carbocycles. The zero-order chi connectivity index (χ0) is 10.2. The molecule has 2 heteroatoms. The SMILES string of the molecule is CCCCCCOCCC1OC1CC. The van der Waals surface area contributed by atoms with E-state index in [-0.39, 0.29) is 0 Å². The van der Waals surface area contributed by atoms with Gasteiger partial charge in [-0.05, 0) is 19.3 Å². The molecule has 0 spiro atoms. The van der Waals surface area contributed by atoms with E-state index < -0.39 is 0 Å². The van der Waals surface area contributed by atoms with E-state index >= 15 is 0 Å². The van der Waals surface area contributed by atoms with Crippen LogP contribution in [-0.4, -0.2) is 25.4 Å². The van der Waals surface area contributed by atoms with E-state index in [9.17, 15) is 0 Å². The molecule has 0 radical (unpaired) electrons. The second-order valence-corrected chi connectivity index (χ2v) is 4.08. The van der Waals surface area contributed by atoms with Crippen molar-refractivity contribution in [1.29, 1.82) is 0 Å². The normalized spacial score (nSPS) is 25.3. The van der Waals surface area contributed by atoms with Gasteiger partial charge in [0.05, 0.1) is 12.2 Å². The van der Waals surface area contributed by atoms with Crippen LogP contribution >= 0.6 is 0 Å². The fourth-order valence-corrected chi connectivity index (χ4v) is 1.72. The van der Waals surface area contributed by atoms with Gasteiger partial charge in [0.25, 0.3) is 0 Å². The summed E-state index contributed by atoms with van der Waals surface area (Å²) in [6, 6.07) is 0. The maximum absolute atomic E-state index is 5.54. The summed E-state index contributed by atoms with van der Waals surface area (Å²) in [6.45, 7) is 6.23. The van der Waals surface area contributed by atoms with E-state index in [1.807, 2.05) is 0 Å². The molecule has 0 N–H and O–H groups in total. The monoisotopic (exact) mass is 200 g/mol. The van der Waals surface area contributed by atoms with E-state index in [4.69, 9.17) is 9.47 Å². The van der Waals surface area contributed by atoms with E-state index in [1.54, 1.807) is 0 Å². The highest BCUT2D eigenvalue weighted by Gasteiger charge is 2.35. The molecule has 0 aromatic heterocycles. The van der Waals surface area contributed by atoms with Gasteiger partial charge in [-0.3, -0.25) is 0 Å². The van der Waals surface area contributed by atoms with Crippen LogP contribution in [0.3, 0.4) is 0 Å². The molecular weight excluding hydrogens is 176 g/mol. The molecule has 0 aromatic carbocycles. The second kappa shape index (κ2) is 7.24. The smallest absolute Gasteiger partial charge is 0.0863 e. The van der Waals surface area contributed by atoms with Crippen molar-refractivity contribution in [3.63, 3.8) is 0 Å². The van der Waals surface area contributed by atoms with Gasteiger partial charge in [-0.1, -0.05) is 33.1 Å². The molecule has 1 rings (SSSR count). The summed E-state index contributed by atoms with van der Waals surface area (Å²) >= 11 is 0. The van der Waals surface area contributed by atoms with E-state index in [1.165, 1.54) is 25.7 Å². The molecule has 2 atom stereocenters. The maximum atomic E-state index is 5.54. The number of ether oxygens (including phenoxy) is 2. The van der Waals surface area contributed by atoms with Gasteiger partial charge in [-0.2, -0.15) is 0 Å². The summed E-state index contributed by atoms with van der Waals surface area (Å²) < 4.78 is 11.0. The summed E-state index contributed by atoms with van der Waals surface area (Å²) in [6.07, 6.45) is 8.47. The Morgan fingerprint density at radius 1 is 1.00 bits per heavy atom. The summed E-state index contributed by atoms with van der Waals surface area (Å²) in [5, 5.41) is 0. The van der Waals surface area contributed by atoms with Crippen LogP contribution in [-0.2, 0) is 9.47 Å². The van der Waals surface area contributed by atoms with Crippen molar-refractivity contribution < 1.29 is 9.47 Å². The minimum absolute atomic E-state index is 0.510. The quantitative estimate of drug-likeness (QED) is 0.421. The van der Waals surface area contributed by atoms with Gasteiger partial charge in [0.15, 0.2) is 0 Å². The van der Waals surface area contributed by atoms with E-state index in [2.05, 4.69) is 13.8 Å². The van der Waals surface area contributed by atoms with Crippen LogP contribution in [0.1, 0.15) is 52.4 Å². The van der Waals surface area contributed by atoms with Crippen LogP contribution in [0.2, 0.25) is 0 Å². The number of rotatable bonds is 9. The van der Waals surface area contributed by atoms with Crippen LogP contribution < -0.4 is 0 Å². The van der Waals surface area contributed by atoms with Crippen molar-refractivity contribution in [1.82, 2.24) is 0 Å². The zero-order valence-electron chi connectivity index (χ0n) is 9.63. The fraction of sp³-hybridized carbons (Fsp3) is 1.00. The Hall–Kier alpha value is -0.0800. The Balaban J connectivity index is 1.73. The van der Waals surface area contributed by atoms with Crippen molar-refractivity contribution in [2.45, 2.75) is 64.6 Å². The van der Waals surface area contributed by atoms with Gasteiger partial charge in [0.1, 0.15) is 0 Å². The summed E-state index contributed by atoms with van der Waals surface area (Å²) in [5.41, 5.74) is 0. The Morgan fingerprint density at radius 3 is 2.50 bits per heavy atom. The van der Waals surface area contributed by atoms with Crippen molar-refractivity contribution in [3.05, 3.63) is 0 Å². The van der Waals surface area contributed by atoms with Gasteiger partial charge >= 0.3 is 0 Å². The number of epoxide rings is 1. The Kier molecular flexibility index (Phi) is 6.20. The molecule has 0 bridgehead atoms. The largest absolute Gasteiger partial charge is 0.381 e. The highest BCUT2D eigenvalue weighted by Crippen LogP contribution is 2.27. The molecule has 0 amide bonds. The van der Waals surface area contributed by atoms with Crippen LogP contribution in [0.25, 0.3) is 0 Å². The van der Waals surface area contributed by atoms with Gasteiger partial charge in [-0.15, -0.1) is 0 Å². The molecule has 0 aromatic rings. The van der Waals surface area contributed by atoms with Crippen LogP contribution in [0.4, 0.5) is 0 Å². The van der Waals surface area contributed by atoms with Crippen molar-refractivity contribution in [3.8, 4) is 0 Å². The molecule has 1 fully saturated rings. The second-order valence-electron chi connectivity index (χ2n) is 4.08. The average molecular weight is 200 g/mol. The lowest BCUT2D eigenvalue weighted by Crippen LogP contribution is -2.02. The predicted molar refractivity (Wildman–Crippen MR) is 58.5 cm³/mol. The van der Waals surface area contributed by atoms with Crippen LogP contribution in [0, 0.1) is 0 Å². The van der Waals surface area contributed by atoms with E-state index in [0.717, 1.165) is 26.1 Å². The maximum Gasteiger partial charge on any atom is 0.0863 e. The molecule has 2 unspecified atom stereocenters. The summed E-state index contributed by atoms with van der Waals surface area (Å²) in [4.78, 5) is 0. The highest BCUT2D eigenvalue weighted by molar-refractivity contribution is 4.82. The first-order chi connectivity index (χ1) is 6.88. The zero-order valence-corrected chi connectivity index (χ0v) is 9.63. The topological polar surface area (TPSA) is 21.8 Å². The molecule has 1 aliphatic rings. The third-order valence-corrected chi connectivity index (χ3v) is 2.78. The lowest BCUT2D eigenvalue weighted by molar-refractivity contribution is 0.122. The molecule has 2 nitrogen and oxygen atoms in total. The molecule has 14 heavy (non-hydrogen) atoms.